The fourth-order valence-electron chi connectivity index (χ4n) is 3.26. The largest absolute Gasteiger partial charge is 0.461 e. The van der Waals surface area contributed by atoms with Crippen molar-refractivity contribution in [2.75, 3.05) is 18.5 Å². The quantitative estimate of drug-likeness (QED) is 0.274. The van der Waals surface area contributed by atoms with E-state index in [1.165, 1.54) is 6.92 Å². The van der Waals surface area contributed by atoms with Gasteiger partial charge in [-0.05, 0) is 30.3 Å². The lowest BCUT2D eigenvalue weighted by Gasteiger charge is -2.42. The molecule has 1 aromatic rings. The zero-order valence-corrected chi connectivity index (χ0v) is 16.8. The Balaban J connectivity index is 1.62. The van der Waals surface area contributed by atoms with Gasteiger partial charge >= 0.3 is 0 Å². The highest BCUT2D eigenvalue weighted by atomic mass is 16.7. The average molecular weight is 441 g/mol. The van der Waals surface area contributed by atoms with E-state index in [0.29, 0.717) is 11.4 Å². The third kappa shape index (κ3) is 5.79. The van der Waals surface area contributed by atoms with Gasteiger partial charge in [-0.25, -0.2) is 0 Å². The highest BCUT2D eigenvalue weighted by Crippen LogP contribution is 2.27. The van der Waals surface area contributed by atoms with Crippen molar-refractivity contribution in [2.45, 2.75) is 56.1 Å². The van der Waals surface area contributed by atoms with Crippen LogP contribution in [0.3, 0.4) is 0 Å². The van der Waals surface area contributed by atoms with Crippen LogP contribution in [0.4, 0.5) is 5.69 Å². The molecule has 0 saturated carbocycles. The summed E-state index contributed by atoms with van der Waals surface area (Å²) in [5, 5.41) is 51.4. The molecule has 0 aliphatic carbocycles. The van der Waals surface area contributed by atoms with Crippen molar-refractivity contribution < 1.29 is 49.3 Å². The van der Waals surface area contributed by atoms with Gasteiger partial charge in [0, 0.05) is 12.6 Å². The number of carbonyl (C=O) groups excluding carboxylic acids is 1. The number of hydrogen-bond donors (Lipinski definition) is 6. The molecule has 8 atom stereocenters. The van der Waals surface area contributed by atoms with E-state index in [1.807, 2.05) is 0 Å². The van der Waals surface area contributed by atoms with Crippen LogP contribution in [-0.2, 0) is 19.0 Å². The predicted octanol–water partition coefficient (Wildman–Crippen LogP) is -1.52. The van der Waals surface area contributed by atoms with Crippen molar-refractivity contribution in [3.8, 4) is 5.75 Å². The molecule has 172 valence electrons. The number of aliphatic hydroxyl groups excluding tert-OH is 5. The van der Waals surface area contributed by atoms with Gasteiger partial charge < -0.3 is 49.8 Å². The summed E-state index contributed by atoms with van der Waals surface area (Å²) < 4.78 is 22.3. The Hall–Kier alpha value is -2.09. The van der Waals surface area contributed by atoms with Crippen molar-refractivity contribution in [1.29, 1.82) is 0 Å². The van der Waals surface area contributed by atoms with Gasteiger partial charge in [-0.2, -0.15) is 0 Å². The Bertz CT molecular complexity index is 755. The average Bonchev–Trinajstić information content (AvgIpc) is 2.76. The van der Waals surface area contributed by atoms with Gasteiger partial charge in [0.25, 0.3) is 0 Å². The molecule has 0 bridgehead atoms. The lowest BCUT2D eigenvalue weighted by molar-refractivity contribution is -0.317. The van der Waals surface area contributed by atoms with Crippen molar-refractivity contribution >= 4 is 11.6 Å². The minimum Gasteiger partial charge on any atom is -0.461 e. The second-order valence-electron chi connectivity index (χ2n) is 7.23. The SMILES string of the molecule is CC(=O)Nc1ccc(OC2C=C[C@H](OC3OC(CO)[C@@H](O)C(O)C3O)C(CO)O2)cc1. The van der Waals surface area contributed by atoms with Crippen LogP contribution >= 0.6 is 0 Å². The first kappa shape index (κ1) is 23.6. The fraction of sp³-hybridized carbons (Fsp3) is 0.550. The highest BCUT2D eigenvalue weighted by molar-refractivity contribution is 5.88. The maximum Gasteiger partial charge on any atom is 0.221 e. The van der Waals surface area contributed by atoms with E-state index in [2.05, 4.69) is 5.32 Å². The molecule has 0 aromatic heterocycles. The van der Waals surface area contributed by atoms with E-state index in [0.717, 1.165) is 0 Å². The molecule has 11 nitrogen and oxygen atoms in total. The fourth-order valence-corrected chi connectivity index (χ4v) is 3.26. The second kappa shape index (κ2) is 10.5. The van der Waals surface area contributed by atoms with Crippen LogP contribution < -0.4 is 10.1 Å². The van der Waals surface area contributed by atoms with Crippen molar-refractivity contribution in [1.82, 2.24) is 0 Å². The molecule has 1 aromatic carbocycles. The van der Waals surface area contributed by atoms with Crippen LogP contribution in [0.15, 0.2) is 36.4 Å². The molecule has 6 N–H and O–H groups in total. The predicted molar refractivity (Wildman–Crippen MR) is 105 cm³/mol. The first-order chi connectivity index (χ1) is 14.8. The normalized spacial score (nSPS) is 35.5. The molecule has 1 amide bonds. The van der Waals surface area contributed by atoms with Crippen molar-refractivity contribution in [2.24, 2.45) is 0 Å². The van der Waals surface area contributed by atoms with Gasteiger partial charge in [0.15, 0.2) is 6.29 Å². The van der Waals surface area contributed by atoms with Gasteiger partial charge in [0.1, 0.15) is 42.4 Å². The van der Waals surface area contributed by atoms with Crippen LogP contribution in [0.1, 0.15) is 6.92 Å². The van der Waals surface area contributed by atoms with Crippen LogP contribution in [-0.4, -0.2) is 93.9 Å². The van der Waals surface area contributed by atoms with Gasteiger partial charge in [-0.1, -0.05) is 6.08 Å². The Morgan fingerprint density at radius 3 is 2.26 bits per heavy atom. The van der Waals surface area contributed by atoms with E-state index < -0.39 is 62.4 Å². The Morgan fingerprint density at radius 1 is 0.968 bits per heavy atom. The Kier molecular flexibility index (Phi) is 7.97. The number of amides is 1. The lowest BCUT2D eigenvalue weighted by Crippen LogP contribution is -2.60. The maximum absolute atomic E-state index is 11.1. The summed E-state index contributed by atoms with van der Waals surface area (Å²) in [6.07, 6.45) is -6.57. The zero-order valence-electron chi connectivity index (χ0n) is 16.8. The lowest BCUT2D eigenvalue weighted by atomic mass is 9.99. The summed E-state index contributed by atoms with van der Waals surface area (Å²) in [5.74, 6) is 0.275. The Morgan fingerprint density at radius 2 is 1.65 bits per heavy atom. The standard InChI is InChI=1S/C20H27NO10/c1-10(24)21-11-2-4-12(5-3-11)28-16-7-6-13(14(8-22)29-16)30-20-19(27)18(26)17(25)15(9-23)31-20/h2-7,13-20,22-23,25-27H,8-9H2,1H3,(H,21,24)/t13-,14?,15?,16?,17+,18?,19?,20?/m0/s1. The number of carbonyl (C=O) groups is 1. The molecular formula is C20H27NO10. The summed E-state index contributed by atoms with van der Waals surface area (Å²) in [5.41, 5.74) is 0.612. The molecule has 1 saturated heterocycles. The summed E-state index contributed by atoms with van der Waals surface area (Å²) in [4.78, 5) is 11.1. The molecule has 1 fully saturated rings. The molecule has 2 aliphatic heterocycles. The monoisotopic (exact) mass is 441 g/mol. The topological polar surface area (TPSA) is 167 Å². The molecule has 0 radical (unpaired) electrons. The number of ether oxygens (including phenoxy) is 4. The Labute approximate surface area is 178 Å². The minimum absolute atomic E-state index is 0.191. The van der Waals surface area contributed by atoms with E-state index in [-0.39, 0.29) is 5.91 Å². The number of hydrogen-bond acceptors (Lipinski definition) is 10. The summed E-state index contributed by atoms with van der Waals surface area (Å²) in [6.45, 7) is 0.387. The van der Waals surface area contributed by atoms with E-state index in [1.54, 1.807) is 36.4 Å². The molecule has 2 heterocycles. The number of anilines is 1. The van der Waals surface area contributed by atoms with Gasteiger partial charge in [-0.3, -0.25) is 4.79 Å². The van der Waals surface area contributed by atoms with Crippen molar-refractivity contribution in [3.63, 3.8) is 0 Å². The molecule has 2 aliphatic rings. The number of rotatable bonds is 7. The summed E-state index contributed by atoms with van der Waals surface area (Å²) in [7, 11) is 0. The first-order valence-corrected chi connectivity index (χ1v) is 9.77. The third-order valence-corrected chi connectivity index (χ3v) is 4.88. The molecule has 31 heavy (non-hydrogen) atoms. The molecule has 3 rings (SSSR count). The van der Waals surface area contributed by atoms with Gasteiger partial charge in [0.05, 0.1) is 13.2 Å². The van der Waals surface area contributed by atoms with Gasteiger partial charge in [-0.15, -0.1) is 0 Å². The third-order valence-electron chi connectivity index (χ3n) is 4.88. The minimum atomic E-state index is -1.58. The van der Waals surface area contributed by atoms with E-state index in [4.69, 9.17) is 18.9 Å². The zero-order chi connectivity index (χ0) is 22.5. The first-order valence-electron chi connectivity index (χ1n) is 9.77. The number of benzene rings is 1. The molecule has 11 heteroatoms. The van der Waals surface area contributed by atoms with E-state index in [9.17, 15) is 30.3 Å². The number of nitrogens with one attached hydrogen (secondary N) is 1. The molecule has 6 unspecified atom stereocenters. The number of aliphatic hydroxyl groups is 5. The highest BCUT2D eigenvalue weighted by Gasteiger charge is 2.45. The molecule has 0 spiro atoms. The van der Waals surface area contributed by atoms with Crippen LogP contribution in [0, 0.1) is 0 Å². The smallest absolute Gasteiger partial charge is 0.221 e. The second-order valence-corrected chi connectivity index (χ2v) is 7.23. The summed E-state index contributed by atoms with van der Waals surface area (Å²) in [6, 6.07) is 6.62. The molecular weight excluding hydrogens is 414 g/mol. The summed E-state index contributed by atoms with van der Waals surface area (Å²) >= 11 is 0. The maximum atomic E-state index is 11.1. The van der Waals surface area contributed by atoms with Crippen LogP contribution in [0.25, 0.3) is 0 Å². The van der Waals surface area contributed by atoms with Crippen LogP contribution in [0.5, 0.6) is 5.75 Å². The van der Waals surface area contributed by atoms with Crippen molar-refractivity contribution in [3.05, 3.63) is 36.4 Å². The van der Waals surface area contributed by atoms with Gasteiger partial charge in [0.2, 0.25) is 12.2 Å². The van der Waals surface area contributed by atoms with E-state index >= 15 is 0 Å². The van der Waals surface area contributed by atoms with Crippen LogP contribution in [0.2, 0.25) is 0 Å².